The highest BCUT2D eigenvalue weighted by atomic mass is 32.2. The van der Waals surface area contributed by atoms with Gasteiger partial charge in [0, 0.05) is 16.8 Å². The Balaban J connectivity index is 1.77. The van der Waals surface area contributed by atoms with Crippen molar-refractivity contribution < 1.29 is 4.74 Å². The van der Waals surface area contributed by atoms with Gasteiger partial charge in [0.05, 0.1) is 0 Å². The van der Waals surface area contributed by atoms with Crippen LogP contribution in [0.4, 0.5) is 5.69 Å². The molecule has 0 spiro atoms. The van der Waals surface area contributed by atoms with Gasteiger partial charge >= 0.3 is 0 Å². The quantitative estimate of drug-likeness (QED) is 0.624. The van der Waals surface area contributed by atoms with Crippen LogP contribution in [-0.4, -0.2) is 20.9 Å². The minimum Gasteiger partial charge on any atom is -0.448 e. The molecule has 0 radical (unpaired) electrons. The number of benzene rings is 2. The van der Waals surface area contributed by atoms with E-state index >= 15 is 0 Å². The number of rotatable bonds is 4. The standard InChI is InChI=1S/C21H22N4OS/c1-4-27-21-23-20-18(24-25-21)16-7-5-6-8-17(16)22-19(26-20)15-11-9-14(10-12-15)13(2)3/h5-13,19,22H,4H2,1-3H3. The topological polar surface area (TPSA) is 59.9 Å². The van der Waals surface area contributed by atoms with Crippen LogP contribution in [0, 0.1) is 0 Å². The molecule has 0 saturated carbocycles. The highest BCUT2D eigenvalue weighted by Gasteiger charge is 2.25. The van der Waals surface area contributed by atoms with Crippen LogP contribution in [0.1, 0.15) is 44.0 Å². The molecule has 1 N–H and O–H groups in total. The number of anilines is 1. The molecule has 2 aromatic carbocycles. The fourth-order valence-electron chi connectivity index (χ4n) is 3.04. The first-order valence-corrected chi connectivity index (χ1v) is 10.1. The average molecular weight is 379 g/mol. The lowest BCUT2D eigenvalue weighted by Crippen LogP contribution is -2.17. The summed E-state index contributed by atoms with van der Waals surface area (Å²) >= 11 is 1.55. The Morgan fingerprint density at radius 3 is 2.59 bits per heavy atom. The Labute approximate surface area is 163 Å². The van der Waals surface area contributed by atoms with Gasteiger partial charge in [0.2, 0.25) is 11.0 Å². The summed E-state index contributed by atoms with van der Waals surface area (Å²) in [5, 5.41) is 12.8. The highest BCUT2D eigenvalue weighted by molar-refractivity contribution is 7.99. The van der Waals surface area contributed by atoms with Gasteiger partial charge in [0.15, 0.2) is 11.9 Å². The summed E-state index contributed by atoms with van der Waals surface area (Å²) < 4.78 is 6.27. The molecule has 5 nitrogen and oxygen atoms in total. The Bertz CT molecular complexity index is 943. The second kappa shape index (κ2) is 7.56. The Morgan fingerprint density at radius 1 is 1.07 bits per heavy atom. The Morgan fingerprint density at radius 2 is 1.85 bits per heavy atom. The van der Waals surface area contributed by atoms with Crippen LogP contribution < -0.4 is 10.1 Å². The maximum absolute atomic E-state index is 6.27. The van der Waals surface area contributed by atoms with Gasteiger partial charge in [0.1, 0.15) is 0 Å². The van der Waals surface area contributed by atoms with E-state index in [0.717, 1.165) is 22.6 Å². The summed E-state index contributed by atoms with van der Waals surface area (Å²) in [5.74, 6) is 1.89. The molecule has 138 valence electrons. The molecule has 4 rings (SSSR count). The van der Waals surface area contributed by atoms with E-state index in [0.29, 0.717) is 22.6 Å². The van der Waals surface area contributed by atoms with Crippen LogP contribution >= 0.6 is 11.8 Å². The summed E-state index contributed by atoms with van der Waals surface area (Å²) in [7, 11) is 0. The number of thioether (sulfide) groups is 1. The van der Waals surface area contributed by atoms with E-state index in [4.69, 9.17) is 4.74 Å². The highest BCUT2D eigenvalue weighted by Crippen LogP contribution is 2.39. The van der Waals surface area contributed by atoms with Crippen molar-refractivity contribution in [3.05, 3.63) is 59.7 Å². The van der Waals surface area contributed by atoms with Gasteiger partial charge < -0.3 is 10.1 Å². The lowest BCUT2D eigenvalue weighted by Gasteiger charge is -2.20. The van der Waals surface area contributed by atoms with Crippen molar-refractivity contribution >= 4 is 17.4 Å². The largest absolute Gasteiger partial charge is 0.448 e. The first kappa shape index (κ1) is 17.8. The molecule has 1 aromatic heterocycles. The first-order chi connectivity index (χ1) is 13.2. The number of nitrogens with zero attached hydrogens (tertiary/aromatic N) is 3. The number of hydrogen-bond donors (Lipinski definition) is 1. The monoisotopic (exact) mass is 378 g/mol. The van der Waals surface area contributed by atoms with E-state index in [1.807, 2.05) is 24.3 Å². The van der Waals surface area contributed by atoms with Crippen molar-refractivity contribution in [2.24, 2.45) is 0 Å². The van der Waals surface area contributed by atoms with Crippen molar-refractivity contribution in [2.45, 2.75) is 38.1 Å². The van der Waals surface area contributed by atoms with Gasteiger partial charge in [-0.15, -0.1) is 10.2 Å². The third kappa shape index (κ3) is 3.62. The summed E-state index contributed by atoms with van der Waals surface area (Å²) in [6.45, 7) is 6.45. The lowest BCUT2D eigenvalue weighted by molar-refractivity contribution is 0.225. The molecule has 1 aliphatic heterocycles. The molecule has 0 bridgehead atoms. The van der Waals surface area contributed by atoms with Crippen molar-refractivity contribution in [3.63, 3.8) is 0 Å². The van der Waals surface area contributed by atoms with Crippen molar-refractivity contribution in [1.29, 1.82) is 0 Å². The number of hydrogen-bond acceptors (Lipinski definition) is 6. The molecule has 1 atom stereocenters. The van der Waals surface area contributed by atoms with Crippen LogP contribution in [0.25, 0.3) is 11.3 Å². The average Bonchev–Trinajstić information content (AvgIpc) is 2.85. The molecule has 0 saturated heterocycles. The smallest absolute Gasteiger partial charge is 0.247 e. The van der Waals surface area contributed by atoms with E-state index in [-0.39, 0.29) is 6.23 Å². The maximum Gasteiger partial charge on any atom is 0.247 e. The van der Waals surface area contributed by atoms with Gasteiger partial charge in [-0.1, -0.05) is 75.0 Å². The third-order valence-corrected chi connectivity index (χ3v) is 5.23. The fraction of sp³-hybridized carbons (Fsp3) is 0.286. The molecule has 0 aliphatic carbocycles. The molecular weight excluding hydrogens is 356 g/mol. The van der Waals surface area contributed by atoms with Gasteiger partial charge in [-0.05, 0) is 23.3 Å². The Hall–Kier alpha value is -2.60. The molecule has 0 amide bonds. The second-order valence-electron chi connectivity index (χ2n) is 6.69. The van der Waals surface area contributed by atoms with Crippen LogP contribution in [0.2, 0.25) is 0 Å². The van der Waals surface area contributed by atoms with E-state index in [2.05, 4.69) is 65.5 Å². The summed E-state index contributed by atoms with van der Waals surface area (Å²) in [6, 6.07) is 16.5. The fourth-order valence-corrected chi connectivity index (χ4v) is 3.55. The summed E-state index contributed by atoms with van der Waals surface area (Å²) in [4.78, 5) is 4.61. The summed E-state index contributed by atoms with van der Waals surface area (Å²) in [5.41, 5.74) is 4.92. The van der Waals surface area contributed by atoms with Gasteiger partial charge in [-0.2, -0.15) is 4.98 Å². The minimum absolute atomic E-state index is 0.343. The number of aromatic nitrogens is 3. The lowest BCUT2D eigenvalue weighted by atomic mass is 10.0. The van der Waals surface area contributed by atoms with Gasteiger partial charge in [-0.3, -0.25) is 0 Å². The molecule has 27 heavy (non-hydrogen) atoms. The zero-order chi connectivity index (χ0) is 18.8. The van der Waals surface area contributed by atoms with E-state index in [9.17, 15) is 0 Å². The van der Waals surface area contributed by atoms with Gasteiger partial charge in [0.25, 0.3) is 0 Å². The number of nitrogens with one attached hydrogen (secondary N) is 1. The van der Waals surface area contributed by atoms with Crippen LogP contribution in [0.5, 0.6) is 5.88 Å². The van der Waals surface area contributed by atoms with E-state index in [1.165, 1.54) is 5.56 Å². The van der Waals surface area contributed by atoms with E-state index in [1.54, 1.807) is 11.8 Å². The SMILES string of the molecule is CCSc1nnc2c(n1)OC(c1ccc(C(C)C)cc1)Nc1ccccc1-2. The third-order valence-electron chi connectivity index (χ3n) is 4.51. The van der Waals surface area contributed by atoms with Crippen LogP contribution in [0.15, 0.2) is 53.7 Å². The zero-order valence-corrected chi connectivity index (χ0v) is 16.5. The minimum atomic E-state index is -0.343. The first-order valence-electron chi connectivity index (χ1n) is 9.15. The van der Waals surface area contributed by atoms with Crippen molar-refractivity contribution in [2.75, 3.05) is 11.1 Å². The molecule has 2 heterocycles. The maximum atomic E-state index is 6.27. The Kier molecular flexibility index (Phi) is 4.99. The molecule has 1 unspecified atom stereocenters. The predicted octanol–water partition coefficient (Wildman–Crippen LogP) is 5.28. The molecule has 0 fully saturated rings. The zero-order valence-electron chi connectivity index (χ0n) is 15.6. The van der Waals surface area contributed by atoms with Crippen molar-refractivity contribution in [1.82, 2.24) is 15.2 Å². The molecule has 3 aromatic rings. The predicted molar refractivity (Wildman–Crippen MR) is 109 cm³/mol. The molecule has 1 aliphatic rings. The normalized spacial score (nSPS) is 15.3. The van der Waals surface area contributed by atoms with Crippen LogP contribution in [-0.2, 0) is 0 Å². The molecule has 6 heteroatoms. The number of fused-ring (bicyclic) bond motifs is 3. The van der Waals surface area contributed by atoms with Crippen LogP contribution in [0.3, 0.4) is 0 Å². The number of para-hydroxylation sites is 1. The number of ether oxygens (including phenoxy) is 1. The van der Waals surface area contributed by atoms with E-state index < -0.39 is 0 Å². The second-order valence-corrected chi connectivity index (χ2v) is 7.92. The molecular formula is C21H22N4OS. The van der Waals surface area contributed by atoms with Crippen molar-refractivity contribution in [3.8, 4) is 17.1 Å². The summed E-state index contributed by atoms with van der Waals surface area (Å²) in [6.07, 6.45) is -0.343. The van der Waals surface area contributed by atoms with Gasteiger partial charge in [-0.25, -0.2) is 0 Å².